The van der Waals surface area contributed by atoms with Gasteiger partial charge >= 0.3 is 6.09 Å². The number of ketones is 2. The van der Waals surface area contributed by atoms with Crippen LogP contribution in [0.2, 0.25) is 5.02 Å². The maximum absolute atomic E-state index is 14.1. The van der Waals surface area contributed by atoms with Crippen molar-refractivity contribution in [3.8, 4) is 5.75 Å². The molecule has 0 saturated heterocycles. The van der Waals surface area contributed by atoms with Gasteiger partial charge in [0.2, 0.25) is 5.78 Å². The first-order chi connectivity index (χ1) is 20.0. The second-order valence-corrected chi connectivity index (χ2v) is 12.0. The molecule has 4 unspecified atom stereocenters. The number of hydrogen-bond acceptors (Lipinski definition) is 12. The Morgan fingerprint density at radius 1 is 1.12 bits per heavy atom. The van der Waals surface area contributed by atoms with Crippen LogP contribution < -0.4 is 16.0 Å². The van der Waals surface area contributed by atoms with Gasteiger partial charge in [0.1, 0.15) is 29.4 Å². The molecule has 1 aromatic carbocycles. The van der Waals surface area contributed by atoms with Crippen molar-refractivity contribution in [1.29, 1.82) is 0 Å². The fraction of sp³-hybridized carbons (Fsp3) is 0.500. The molecule has 4 atom stereocenters. The molecule has 0 heterocycles. The summed E-state index contributed by atoms with van der Waals surface area (Å²) in [4.78, 5) is 57.1. The monoisotopic (exact) mass is 621 g/mol. The minimum absolute atomic E-state index is 0.0306. The highest BCUT2D eigenvalue weighted by Crippen LogP contribution is 2.55. The number of aromatic hydroxyl groups is 1. The first-order valence-corrected chi connectivity index (χ1v) is 13.8. The van der Waals surface area contributed by atoms with Gasteiger partial charge in [-0.1, -0.05) is 11.6 Å². The average Bonchev–Trinajstić information content (AvgIpc) is 2.87. The van der Waals surface area contributed by atoms with E-state index in [0.717, 1.165) is 0 Å². The fourth-order valence-corrected chi connectivity index (χ4v) is 6.79. The van der Waals surface area contributed by atoms with E-state index in [0.29, 0.717) is 17.8 Å². The maximum atomic E-state index is 14.1. The van der Waals surface area contributed by atoms with E-state index in [-0.39, 0.29) is 41.3 Å². The van der Waals surface area contributed by atoms with Gasteiger partial charge in [-0.25, -0.2) is 4.79 Å². The third kappa shape index (κ3) is 4.97. The number of fused-ring (bicyclic) bond motifs is 3. The fourth-order valence-electron chi connectivity index (χ4n) is 6.37. The molecule has 3 aliphatic rings. The Balaban J connectivity index is 1.89. The highest BCUT2D eigenvalue weighted by Gasteiger charge is 2.63. The second kappa shape index (κ2) is 11.3. The summed E-state index contributed by atoms with van der Waals surface area (Å²) in [6.07, 6.45) is -0.979. The minimum Gasteiger partial charge on any atom is -0.510 e. The Morgan fingerprint density at radius 2 is 1.74 bits per heavy atom. The smallest absolute Gasteiger partial charge is 0.411 e. The van der Waals surface area contributed by atoms with E-state index in [1.165, 1.54) is 4.90 Å². The summed E-state index contributed by atoms with van der Waals surface area (Å²) in [5, 5.41) is 47.8. The number of aliphatic hydroxyl groups is 3. The molecule has 234 valence electrons. The van der Waals surface area contributed by atoms with Crippen LogP contribution in [0.1, 0.15) is 22.3 Å². The molecule has 0 spiro atoms. The van der Waals surface area contributed by atoms with E-state index >= 15 is 0 Å². The first-order valence-electron chi connectivity index (χ1n) is 13.4. The molecule has 14 nitrogen and oxygen atoms in total. The number of halogens is 1. The highest BCUT2D eigenvalue weighted by atomic mass is 35.5. The van der Waals surface area contributed by atoms with E-state index in [1.54, 1.807) is 52.1 Å². The van der Waals surface area contributed by atoms with Crippen LogP contribution in [0.15, 0.2) is 22.7 Å². The van der Waals surface area contributed by atoms with Crippen molar-refractivity contribution < 1.29 is 44.3 Å². The second-order valence-electron chi connectivity index (χ2n) is 11.7. The summed E-state index contributed by atoms with van der Waals surface area (Å²) in [5.41, 5.74) is 1.41. The number of amides is 2. The molecule has 4 rings (SSSR count). The zero-order valence-electron chi connectivity index (χ0n) is 24.7. The van der Waals surface area contributed by atoms with E-state index in [4.69, 9.17) is 22.1 Å². The number of allylic oxidation sites excluding steroid dienone is 1. The molecule has 0 bridgehead atoms. The topological polar surface area (TPSA) is 206 Å². The molecule has 0 radical (unpaired) electrons. The Kier molecular flexibility index (Phi) is 8.46. The number of nitrogens with two attached hydrogens (primary N) is 1. The summed E-state index contributed by atoms with van der Waals surface area (Å²) in [6.45, 7) is 0.457. The lowest BCUT2D eigenvalue weighted by molar-refractivity contribution is -0.148. The van der Waals surface area contributed by atoms with Crippen LogP contribution in [-0.2, 0) is 20.7 Å². The molecule has 15 heteroatoms. The zero-order chi connectivity index (χ0) is 32.3. The Bertz CT molecular complexity index is 1490. The quantitative estimate of drug-likeness (QED) is 0.186. The van der Waals surface area contributed by atoms with E-state index in [1.807, 2.05) is 0 Å². The number of phenolic OH excluding ortho intramolecular Hbond substituents is 1. The molecule has 0 aliphatic heterocycles. The van der Waals surface area contributed by atoms with Gasteiger partial charge in [0.25, 0.3) is 5.91 Å². The lowest BCUT2D eigenvalue weighted by Crippen LogP contribution is -2.63. The van der Waals surface area contributed by atoms with Gasteiger partial charge in [0, 0.05) is 32.1 Å². The van der Waals surface area contributed by atoms with Crippen LogP contribution in [0.25, 0.3) is 0 Å². The third-order valence-electron chi connectivity index (χ3n) is 8.25. The largest absolute Gasteiger partial charge is 0.510 e. The third-order valence-corrected chi connectivity index (χ3v) is 8.62. The zero-order valence-corrected chi connectivity index (χ0v) is 25.4. The number of hydrogen-bond donors (Lipinski definition) is 6. The normalized spacial score (nSPS) is 25.0. The van der Waals surface area contributed by atoms with Crippen LogP contribution in [0.3, 0.4) is 0 Å². The van der Waals surface area contributed by atoms with Crippen molar-refractivity contribution in [3.05, 3.63) is 38.8 Å². The van der Waals surface area contributed by atoms with Crippen molar-refractivity contribution in [2.45, 2.75) is 24.5 Å². The first kappa shape index (κ1) is 32.1. The molecular weight excluding hydrogens is 586 g/mol. The molecule has 0 aromatic heterocycles. The van der Waals surface area contributed by atoms with Crippen LogP contribution >= 0.6 is 11.6 Å². The Labute approximate surface area is 252 Å². The van der Waals surface area contributed by atoms with Gasteiger partial charge in [-0.05, 0) is 52.5 Å². The van der Waals surface area contributed by atoms with Crippen LogP contribution in [0.5, 0.6) is 5.75 Å². The minimum atomic E-state index is -2.77. The van der Waals surface area contributed by atoms with Gasteiger partial charge in [-0.3, -0.25) is 24.6 Å². The van der Waals surface area contributed by atoms with Gasteiger partial charge in [-0.15, -0.1) is 0 Å². The SMILES string of the molecule is CN(C)CCOC(=O)Nc1c(O)c2c(c(N(C)C)c1Cl)CC1CC3C(N(C)C)C(O)=C(C(N)=O)C(=O)C3(O)C(O)=C1C2=O. The average molecular weight is 622 g/mol. The molecule has 0 saturated carbocycles. The molecule has 1 aromatic rings. The number of anilines is 2. The van der Waals surface area contributed by atoms with E-state index < -0.39 is 69.9 Å². The molecule has 43 heavy (non-hydrogen) atoms. The predicted molar refractivity (Wildman–Crippen MR) is 157 cm³/mol. The van der Waals surface area contributed by atoms with Gasteiger partial charge in [0.15, 0.2) is 17.1 Å². The van der Waals surface area contributed by atoms with Gasteiger partial charge in [-0.2, -0.15) is 0 Å². The van der Waals surface area contributed by atoms with E-state index in [9.17, 15) is 39.6 Å². The number of carbonyl (C=O) groups excluding carboxylic acids is 4. The van der Waals surface area contributed by atoms with Crippen molar-refractivity contribution in [1.82, 2.24) is 9.80 Å². The number of nitrogens with zero attached hydrogens (tertiary/aromatic N) is 3. The van der Waals surface area contributed by atoms with Crippen molar-refractivity contribution >= 4 is 46.5 Å². The number of ether oxygens (including phenoxy) is 1. The van der Waals surface area contributed by atoms with Gasteiger partial charge < -0.3 is 40.7 Å². The number of aliphatic hydroxyl groups excluding tert-OH is 2. The molecule has 2 amide bonds. The van der Waals surface area contributed by atoms with Crippen molar-refractivity contribution in [2.75, 3.05) is 65.7 Å². The lowest BCUT2D eigenvalue weighted by Gasteiger charge is -2.50. The Morgan fingerprint density at radius 3 is 2.28 bits per heavy atom. The maximum Gasteiger partial charge on any atom is 0.411 e. The number of phenols is 1. The number of likely N-dealkylation sites (N-methyl/N-ethyl adjacent to an activating group) is 2. The van der Waals surface area contributed by atoms with Crippen LogP contribution in [-0.4, -0.2) is 121 Å². The summed E-state index contributed by atoms with van der Waals surface area (Å²) in [6, 6.07) is -1.11. The van der Waals surface area contributed by atoms with Crippen LogP contribution in [0.4, 0.5) is 16.2 Å². The number of Topliss-reactive ketones (excluding diaryl/α,β-unsaturated/α-hetero) is 2. The summed E-state index contributed by atoms with van der Waals surface area (Å²) < 4.78 is 5.15. The van der Waals surface area contributed by atoms with E-state index in [2.05, 4.69) is 5.32 Å². The van der Waals surface area contributed by atoms with Crippen molar-refractivity contribution in [3.63, 3.8) is 0 Å². The number of primary amides is 1. The van der Waals surface area contributed by atoms with Gasteiger partial charge in [0.05, 0.1) is 22.3 Å². The number of benzene rings is 1. The lowest BCUT2D eigenvalue weighted by atomic mass is 9.58. The summed E-state index contributed by atoms with van der Waals surface area (Å²) >= 11 is 6.68. The van der Waals surface area contributed by atoms with Crippen molar-refractivity contribution in [2.24, 2.45) is 17.6 Å². The molecule has 7 N–H and O–H groups in total. The Hall–Kier alpha value is -3.85. The number of carbonyl (C=O) groups is 4. The summed E-state index contributed by atoms with van der Waals surface area (Å²) in [7, 11) is 9.99. The molecule has 0 fully saturated rings. The standard InChI is InChI=1S/C28H36ClN5O9/c1-32(2)7-8-43-27(41)31-18-17(29)19(33(3)4)12-9-11-10-13-20(34(5)6)23(37)16(26(30)40)25(39)28(13,42)24(38)14(11)21(35)15(12)22(18)36/h11,13,20,36-38,42H,7-10H2,1-6H3,(H2,30,40)(H,31,41). The molecule has 3 aliphatic carbocycles. The van der Waals surface area contributed by atoms with Crippen LogP contribution in [0, 0.1) is 11.8 Å². The predicted octanol–water partition coefficient (Wildman–Crippen LogP) is 0.950. The number of rotatable bonds is 7. The number of nitrogens with one attached hydrogen (secondary N) is 1. The molecular formula is C28H36ClN5O9. The summed E-state index contributed by atoms with van der Waals surface area (Å²) in [5.74, 6) is -7.84. The highest BCUT2D eigenvalue weighted by molar-refractivity contribution is 6.38.